The van der Waals surface area contributed by atoms with Crippen LogP contribution in [0.1, 0.15) is 52.4 Å². The molecule has 2 heteroatoms. The van der Waals surface area contributed by atoms with Gasteiger partial charge in [0.25, 0.3) is 0 Å². The van der Waals surface area contributed by atoms with Crippen LogP contribution in [-0.2, 0) is 4.74 Å². The average Bonchev–Trinajstić information content (AvgIpc) is 2.34. The highest BCUT2D eigenvalue weighted by atomic mass is 16.5. The van der Waals surface area contributed by atoms with Crippen molar-refractivity contribution in [2.24, 2.45) is 29.4 Å². The van der Waals surface area contributed by atoms with Crippen molar-refractivity contribution in [1.82, 2.24) is 0 Å². The monoisotopic (exact) mass is 241 g/mol. The van der Waals surface area contributed by atoms with Gasteiger partial charge in [0.15, 0.2) is 0 Å². The normalized spacial score (nSPS) is 29.8. The van der Waals surface area contributed by atoms with Crippen LogP contribution in [0.15, 0.2) is 0 Å². The van der Waals surface area contributed by atoms with Crippen molar-refractivity contribution in [3.63, 3.8) is 0 Å². The van der Waals surface area contributed by atoms with E-state index >= 15 is 0 Å². The second-order valence-corrected chi connectivity index (χ2v) is 6.06. The molecular weight excluding hydrogens is 210 g/mol. The topological polar surface area (TPSA) is 35.2 Å². The van der Waals surface area contributed by atoms with Crippen LogP contribution in [0.5, 0.6) is 0 Å². The molecule has 0 radical (unpaired) electrons. The third-order valence-electron chi connectivity index (χ3n) is 4.60. The molecule has 1 aliphatic carbocycles. The van der Waals surface area contributed by atoms with Crippen molar-refractivity contribution in [2.45, 2.75) is 52.4 Å². The summed E-state index contributed by atoms with van der Waals surface area (Å²) >= 11 is 0. The number of unbranched alkanes of at least 4 members (excludes halogenated alkanes) is 1. The van der Waals surface area contributed by atoms with Crippen LogP contribution >= 0.6 is 0 Å². The largest absolute Gasteiger partial charge is 0.385 e. The van der Waals surface area contributed by atoms with Gasteiger partial charge in [0.1, 0.15) is 0 Å². The van der Waals surface area contributed by atoms with Gasteiger partial charge in [-0.15, -0.1) is 0 Å². The van der Waals surface area contributed by atoms with E-state index in [0.717, 1.165) is 36.8 Å². The molecule has 0 spiro atoms. The first-order valence-corrected chi connectivity index (χ1v) is 7.38. The molecule has 0 bridgehead atoms. The Morgan fingerprint density at radius 3 is 2.53 bits per heavy atom. The van der Waals surface area contributed by atoms with E-state index in [0.29, 0.717) is 0 Å². The van der Waals surface area contributed by atoms with Crippen molar-refractivity contribution < 1.29 is 4.74 Å². The first kappa shape index (κ1) is 15.0. The van der Waals surface area contributed by atoms with Gasteiger partial charge in [0.2, 0.25) is 0 Å². The van der Waals surface area contributed by atoms with E-state index in [2.05, 4.69) is 13.8 Å². The number of hydrogen-bond donors (Lipinski definition) is 1. The van der Waals surface area contributed by atoms with Gasteiger partial charge in [0, 0.05) is 13.7 Å². The minimum Gasteiger partial charge on any atom is -0.385 e. The molecule has 1 rings (SSSR count). The van der Waals surface area contributed by atoms with Crippen LogP contribution < -0.4 is 5.73 Å². The van der Waals surface area contributed by atoms with Crippen LogP contribution in [0.3, 0.4) is 0 Å². The zero-order valence-electron chi connectivity index (χ0n) is 12.0. The maximum Gasteiger partial charge on any atom is 0.0462 e. The van der Waals surface area contributed by atoms with Gasteiger partial charge in [-0.05, 0) is 55.9 Å². The second kappa shape index (κ2) is 8.10. The molecule has 3 unspecified atom stereocenters. The summed E-state index contributed by atoms with van der Waals surface area (Å²) in [5, 5.41) is 0. The molecule has 102 valence electrons. The third-order valence-corrected chi connectivity index (χ3v) is 4.60. The Morgan fingerprint density at radius 1 is 1.18 bits per heavy atom. The summed E-state index contributed by atoms with van der Waals surface area (Å²) in [6.07, 6.45) is 8.03. The first-order chi connectivity index (χ1) is 8.19. The average molecular weight is 241 g/mol. The quantitative estimate of drug-likeness (QED) is 0.693. The summed E-state index contributed by atoms with van der Waals surface area (Å²) in [4.78, 5) is 0. The van der Waals surface area contributed by atoms with Crippen LogP contribution in [0, 0.1) is 23.7 Å². The summed E-state index contributed by atoms with van der Waals surface area (Å²) in [5.74, 6) is 3.44. The number of ether oxygens (including phenoxy) is 1. The van der Waals surface area contributed by atoms with Gasteiger partial charge in [-0.2, -0.15) is 0 Å². The molecule has 1 saturated carbocycles. The van der Waals surface area contributed by atoms with Crippen molar-refractivity contribution in [2.75, 3.05) is 20.3 Å². The minimum atomic E-state index is 0.785. The highest BCUT2D eigenvalue weighted by Gasteiger charge is 2.30. The molecule has 2 nitrogen and oxygen atoms in total. The number of methoxy groups -OCH3 is 1. The number of rotatable bonds is 7. The Morgan fingerprint density at radius 2 is 1.94 bits per heavy atom. The second-order valence-electron chi connectivity index (χ2n) is 6.06. The van der Waals surface area contributed by atoms with E-state index < -0.39 is 0 Å². The molecule has 0 saturated heterocycles. The van der Waals surface area contributed by atoms with Gasteiger partial charge in [-0.25, -0.2) is 0 Å². The van der Waals surface area contributed by atoms with E-state index in [1.807, 2.05) is 0 Å². The number of hydrogen-bond acceptors (Lipinski definition) is 2. The summed E-state index contributed by atoms with van der Waals surface area (Å²) < 4.78 is 5.12. The SMILES string of the molecule is COCCCCC1CC(C(C)C)CCC1CN. The van der Waals surface area contributed by atoms with Gasteiger partial charge < -0.3 is 10.5 Å². The zero-order chi connectivity index (χ0) is 12.7. The highest BCUT2D eigenvalue weighted by molar-refractivity contribution is 4.82. The summed E-state index contributed by atoms with van der Waals surface area (Å²) in [6.45, 7) is 6.54. The van der Waals surface area contributed by atoms with Crippen molar-refractivity contribution in [3.8, 4) is 0 Å². The lowest BCUT2D eigenvalue weighted by atomic mass is 9.69. The first-order valence-electron chi connectivity index (χ1n) is 7.38. The summed E-state index contributed by atoms with van der Waals surface area (Å²) in [7, 11) is 1.79. The maximum absolute atomic E-state index is 5.92. The van der Waals surface area contributed by atoms with Gasteiger partial charge in [0.05, 0.1) is 0 Å². The Hall–Kier alpha value is -0.0800. The van der Waals surface area contributed by atoms with Crippen LogP contribution in [0.2, 0.25) is 0 Å². The molecule has 3 atom stereocenters. The minimum absolute atomic E-state index is 0.785. The summed E-state index contributed by atoms with van der Waals surface area (Å²) in [6, 6.07) is 0. The lowest BCUT2D eigenvalue weighted by molar-refractivity contribution is 0.135. The molecule has 2 N–H and O–H groups in total. The van der Waals surface area contributed by atoms with Crippen molar-refractivity contribution >= 4 is 0 Å². The van der Waals surface area contributed by atoms with Crippen LogP contribution in [0.25, 0.3) is 0 Å². The van der Waals surface area contributed by atoms with E-state index in [-0.39, 0.29) is 0 Å². The molecule has 0 aromatic rings. The van der Waals surface area contributed by atoms with E-state index in [1.165, 1.54) is 38.5 Å². The Balaban J connectivity index is 2.34. The van der Waals surface area contributed by atoms with Crippen LogP contribution in [0.4, 0.5) is 0 Å². The fourth-order valence-corrected chi connectivity index (χ4v) is 3.29. The standard InChI is InChI=1S/C15H31NO/c1-12(2)13-7-8-15(11-16)14(10-13)6-4-5-9-17-3/h12-15H,4-11,16H2,1-3H3. The predicted octanol–water partition coefficient (Wildman–Crippen LogP) is 3.45. The predicted molar refractivity (Wildman–Crippen MR) is 73.9 cm³/mol. The lowest BCUT2D eigenvalue weighted by Crippen LogP contribution is -2.32. The molecule has 0 aromatic heterocycles. The number of nitrogens with two attached hydrogens (primary N) is 1. The Labute approximate surface area is 107 Å². The molecule has 0 heterocycles. The Kier molecular flexibility index (Phi) is 7.14. The van der Waals surface area contributed by atoms with E-state index in [4.69, 9.17) is 10.5 Å². The lowest BCUT2D eigenvalue weighted by Gasteiger charge is -2.37. The molecule has 1 fully saturated rings. The maximum atomic E-state index is 5.92. The van der Waals surface area contributed by atoms with Gasteiger partial charge in [-0.3, -0.25) is 0 Å². The molecular formula is C15H31NO. The molecule has 0 aromatic carbocycles. The highest BCUT2D eigenvalue weighted by Crippen LogP contribution is 2.39. The van der Waals surface area contributed by atoms with E-state index in [9.17, 15) is 0 Å². The zero-order valence-corrected chi connectivity index (χ0v) is 12.0. The molecule has 17 heavy (non-hydrogen) atoms. The van der Waals surface area contributed by atoms with Crippen LogP contribution in [-0.4, -0.2) is 20.3 Å². The van der Waals surface area contributed by atoms with E-state index in [1.54, 1.807) is 7.11 Å². The fourth-order valence-electron chi connectivity index (χ4n) is 3.29. The third kappa shape index (κ3) is 4.97. The summed E-state index contributed by atoms with van der Waals surface area (Å²) in [5.41, 5.74) is 5.92. The smallest absolute Gasteiger partial charge is 0.0462 e. The molecule has 0 aliphatic heterocycles. The molecule has 0 amide bonds. The van der Waals surface area contributed by atoms with Gasteiger partial charge >= 0.3 is 0 Å². The van der Waals surface area contributed by atoms with Gasteiger partial charge in [-0.1, -0.05) is 26.7 Å². The van der Waals surface area contributed by atoms with Crippen molar-refractivity contribution in [1.29, 1.82) is 0 Å². The fraction of sp³-hybridized carbons (Fsp3) is 1.00. The molecule has 1 aliphatic rings. The Bertz CT molecular complexity index is 193. The van der Waals surface area contributed by atoms with Crippen molar-refractivity contribution in [3.05, 3.63) is 0 Å².